The molecule has 0 bridgehead atoms. The standard InChI is InChI=1S/C23H19FN2OS/c1-15-12-17-4-2-3-5-19(17)26(15)23(27)21-13-22-20(10-11-28-22)25(21)14-16-6-8-18(24)9-7-16/h2-11,13,15H,12,14H2,1H3/t15-/m1/s1. The van der Waals surface area contributed by atoms with Gasteiger partial charge in [-0.1, -0.05) is 30.3 Å². The molecule has 4 aromatic rings. The number of anilines is 1. The smallest absolute Gasteiger partial charge is 0.275 e. The number of carbonyl (C=O) groups is 1. The maximum atomic E-state index is 13.6. The molecular formula is C23H19FN2OS. The van der Waals surface area contributed by atoms with E-state index in [2.05, 4.69) is 17.6 Å². The molecule has 140 valence electrons. The van der Waals surface area contributed by atoms with Crippen molar-refractivity contribution in [1.82, 2.24) is 4.57 Å². The number of thiophene rings is 1. The molecule has 5 rings (SSSR count). The van der Waals surface area contributed by atoms with Crippen LogP contribution in [0.5, 0.6) is 0 Å². The number of carbonyl (C=O) groups excluding carboxylic acids is 1. The van der Waals surface area contributed by atoms with Gasteiger partial charge in [0.25, 0.3) is 5.91 Å². The molecular weight excluding hydrogens is 371 g/mol. The van der Waals surface area contributed by atoms with Crippen LogP contribution < -0.4 is 4.90 Å². The van der Waals surface area contributed by atoms with Gasteiger partial charge in [-0.25, -0.2) is 4.39 Å². The molecule has 1 atom stereocenters. The highest BCUT2D eigenvalue weighted by Gasteiger charge is 2.33. The summed E-state index contributed by atoms with van der Waals surface area (Å²) < 4.78 is 16.4. The van der Waals surface area contributed by atoms with Gasteiger partial charge in [-0.15, -0.1) is 11.3 Å². The zero-order valence-electron chi connectivity index (χ0n) is 15.4. The lowest BCUT2D eigenvalue weighted by molar-refractivity contribution is 0.0973. The highest BCUT2D eigenvalue weighted by atomic mass is 32.1. The van der Waals surface area contributed by atoms with E-state index in [1.807, 2.05) is 40.6 Å². The molecule has 1 amide bonds. The average Bonchev–Trinajstić information content (AvgIpc) is 3.36. The quantitative estimate of drug-likeness (QED) is 0.455. The van der Waals surface area contributed by atoms with Crippen LogP contribution in [0.25, 0.3) is 10.2 Å². The van der Waals surface area contributed by atoms with E-state index in [9.17, 15) is 9.18 Å². The molecule has 3 nitrogen and oxygen atoms in total. The minimum absolute atomic E-state index is 0.0166. The third kappa shape index (κ3) is 2.74. The van der Waals surface area contributed by atoms with Gasteiger partial charge in [0.2, 0.25) is 0 Å². The SMILES string of the molecule is C[C@@H]1Cc2ccccc2N1C(=O)c1cc2sccc2n1Cc1ccc(F)cc1. The Morgan fingerprint density at radius 1 is 1.14 bits per heavy atom. The molecule has 0 N–H and O–H groups in total. The van der Waals surface area contributed by atoms with Crippen LogP contribution in [0.15, 0.2) is 66.0 Å². The van der Waals surface area contributed by atoms with E-state index in [0.717, 1.165) is 27.9 Å². The van der Waals surface area contributed by atoms with Crippen molar-refractivity contribution in [2.45, 2.75) is 25.9 Å². The largest absolute Gasteiger partial charge is 0.331 e. The van der Waals surface area contributed by atoms with Crippen molar-refractivity contribution in [3.63, 3.8) is 0 Å². The molecule has 1 aliphatic rings. The molecule has 0 saturated heterocycles. The first-order valence-electron chi connectivity index (χ1n) is 9.34. The Kier molecular flexibility index (Phi) is 4.05. The number of fused-ring (bicyclic) bond motifs is 2. The van der Waals surface area contributed by atoms with Gasteiger partial charge in [0.05, 0.1) is 10.2 Å². The Bertz CT molecular complexity index is 1180. The molecule has 0 radical (unpaired) electrons. The van der Waals surface area contributed by atoms with Gasteiger partial charge in [-0.2, -0.15) is 0 Å². The fraction of sp³-hybridized carbons (Fsp3) is 0.174. The molecule has 5 heteroatoms. The summed E-state index contributed by atoms with van der Waals surface area (Å²) >= 11 is 1.63. The number of nitrogens with zero attached hydrogens (tertiary/aromatic N) is 2. The number of para-hydroxylation sites is 1. The normalized spacial score (nSPS) is 15.9. The van der Waals surface area contributed by atoms with Crippen molar-refractivity contribution < 1.29 is 9.18 Å². The van der Waals surface area contributed by atoms with Crippen LogP contribution >= 0.6 is 11.3 Å². The van der Waals surface area contributed by atoms with Crippen LogP contribution in [-0.4, -0.2) is 16.5 Å². The lowest BCUT2D eigenvalue weighted by atomic mass is 10.1. The van der Waals surface area contributed by atoms with Gasteiger partial charge in [0.15, 0.2) is 0 Å². The van der Waals surface area contributed by atoms with E-state index in [1.54, 1.807) is 23.5 Å². The Labute approximate surface area is 166 Å². The van der Waals surface area contributed by atoms with E-state index >= 15 is 0 Å². The first kappa shape index (κ1) is 17.2. The Hall–Kier alpha value is -2.92. The second-order valence-corrected chi connectivity index (χ2v) is 8.22. The van der Waals surface area contributed by atoms with Gasteiger partial charge in [-0.05, 0) is 60.2 Å². The number of halogens is 1. The molecule has 0 spiro atoms. The summed E-state index contributed by atoms with van der Waals surface area (Å²) in [5, 5.41) is 2.04. The summed E-state index contributed by atoms with van der Waals surface area (Å²) in [6, 6.07) is 18.7. The highest BCUT2D eigenvalue weighted by Crippen LogP contribution is 2.35. The van der Waals surface area contributed by atoms with E-state index < -0.39 is 0 Å². The number of rotatable bonds is 3. The molecule has 0 fully saturated rings. The van der Waals surface area contributed by atoms with Crippen molar-refractivity contribution in [2.75, 3.05) is 4.90 Å². The minimum atomic E-state index is -0.254. The lowest BCUT2D eigenvalue weighted by Crippen LogP contribution is -2.37. The van der Waals surface area contributed by atoms with Crippen LogP contribution in [0, 0.1) is 5.82 Å². The summed E-state index contributed by atoms with van der Waals surface area (Å²) in [5.41, 5.74) is 4.89. The Balaban J connectivity index is 1.58. The average molecular weight is 390 g/mol. The van der Waals surface area contributed by atoms with Crippen molar-refractivity contribution in [3.8, 4) is 0 Å². The van der Waals surface area contributed by atoms with Crippen LogP contribution in [0.3, 0.4) is 0 Å². The van der Waals surface area contributed by atoms with Gasteiger partial charge in [0, 0.05) is 18.3 Å². The van der Waals surface area contributed by atoms with Gasteiger partial charge in [0.1, 0.15) is 11.5 Å². The predicted molar refractivity (Wildman–Crippen MR) is 112 cm³/mol. The first-order chi connectivity index (χ1) is 13.6. The molecule has 0 saturated carbocycles. The molecule has 2 aromatic carbocycles. The van der Waals surface area contributed by atoms with Crippen LogP contribution in [-0.2, 0) is 13.0 Å². The van der Waals surface area contributed by atoms with E-state index in [-0.39, 0.29) is 17.8 Å². The fourth-order valence-electron chi connectivity index (χ4n) is 4.10. The van der Waals surface area contributed by atoms with Crippen molar-refractivity contribution in [1.29, 1.82) is 0 Å². The molecule has 1 aliphatic heterocycles. The number of amides is 1. The van der Waals surface area contributed by atoms with Crippen molar-refractivity contribution >= 4 is 33.1 Å². The molecule has 28 heavy (non-hydrogen) atoms. The third-order valence-corrected chi connectivity index (χ3v) is 6.27. The molecule has 0 aliphatic carbocycles. The summed E-state index contributed by atoms with van der Waals surface area (Å²) in [5.74, 6) is -0.237. The zero-order chi connectivity index (χ0) is 19.3. The number of hydrogen-bond acceptors (Lipinski definition) is 2. The Morgan fingerprint density at radius 2 is 1.93 bits per heavy atom. The zero-order valence-corrected chi connectivity index (χ0v) is 16.2. The summed E-state index contributed by atoms with van der Waals surface area (Å²) in [6.45, 7) is 2.62. The number of benzene rings is 2. The molecule has 0 unspecified atom stereocenters. The third-order valence-electron chi connectivity index (χ3n) is 5.42. The molecule has 2 aromatic heterocycles. The van der Waals surface area contributed by atoms with E-state index in [0.29, 0.717) is 12.2 Å². The van der Waals surface area contributed by atoms with Crippen molar-refractivity contribution in [3.05, 3.63) is 88.7 Å². The Morgan fingerprint density at radius 3 is 2.75 bits per heavy atom. The van der Waals surface area contributed by atoms with Crippen LogP contribution in [0.2, 0.25) is 0 Å². The number of hydrogen-bond donors (Lipinski definition) is 0. The van der Waals surface area contributed by atoms with Crippen LogP contribution in [0.4, 0.5) is 10.1 Å². The maximum absolute atomic E-state index is 13.6. The van der Waals surface area contributed by atoms with Crippen molar-refractivity contribution in [2.24, 2.45) is 0 Å². The second kappa shape index (κ2) is 6.60. The van der Waals surface area contributed by atoms with Gasteiger partial charge >= 0.3 is 0 Å². The predicted octanol–water partition coefficient (Wildman–Crippen LogP) is 5.48. The second-order valence-electron chi connectivity index (χ2n) is 7.27. The van der Waals surface area contributed by atoms with E-state index in [1.165, 1.54) is 17.7 Å². The lowest BCUT2D eigenvalue weighted by Gasteiger charge is -2.23. The highest BCUT2D eigenvalue weighted by molar-refractivity contribution is 7.17. The van der Waals surface area contributed by atoms with E-state index in [4.69, 9.17) is 0 Å². The maximum Gasteiger partial charge on any atom is 0.275 e. The van der Waals surface area contributed by atoms with Gasteiger partial charge in [-0.3, -0.25) is 4.79 Å². The number of aromatic nitrogens is 1. The minimum Gasteiger partial charge on any atom is -0.331 e. The summed E-state index contributed by atoms with van der Waals surface area (Å²) in [7, 11) is 0. The summed E-state index contributed by atoms with van der Waals surface area (Å²) in [4.78, 5) is 15.5. The summed E-state index contributed by atoms with van der Waals surface area (Å²) in [6.07, 6.45) is 0.870. The fourth-order valence-corrected chi connectivity index (χ4v) is 4.92. The first-order valence-corrected chi connectivity index (χ1v) is 10.2. The molecule has 3 heterocycles. The van der Waals surface area contributed by atoms with Crippen LogP contribution in [0.1, 0.15) is 28.5 Å². The van der Waals surface area contributed by atoms with Gasteiger partial charge < -0.3 is 9.47 Å². The monoisotopic (exact) mass is 390 g/mol. The topological polar surface area (TPSA) is 25.2 Å².